The average molecular weight is 1420 g/mol. The van der Waals surface area contributed by atoms with Crippen LogP contribution in [0.2, 0.25) is 0 Å². The predicted molar refractivity (Wildman–Crippen MR) is 399 cm³/mol. The number of carbonyl (C=O) groups excluding carboxylic acids is 4. The van der Waals surface area contributed by atoms with Gasteiger partial charge in [-0.15, -0.1) is 0 Å². The van der Waals surface area contributed by atoms with Gasteiger partial charge in [-0.25, -0.2) is 9.13 Å². The van der Waals surface area contributed by atoms with E-state index in [2.05, 4.69) is 149 Å². The number of aliphatic hydroxyl groups is 1. The number of esters is 4. The summed E-state index contributed by atoms with van der Waals surface area (Å²) in [6.07, 6.45) is 76.3. The summed E-state index contributed by atoms with van der Waals surface area (Å²) in [6.45, 7) is 4.52. The van der Waals surface area contributed by atoms with Crippen LogP contribution in [0.3, 0.4) is 0 Å². The minimum Gasteiger partial charge on any atom is -0.462 e. The first-order valence-electron chi connectivity index (χ1n) is 37.8. The van der Waals surface area contributed by atoms with Gasteiger partial charge >= 0.3 is 39.5 Å². The molecular formula is C79H134O17P2. The predicted octanol–water partition coefficient (Wildman–Crippen LogP) is 21.6. The molecule has 0 amide bonds. The van der Waals surface area contributed by atoms with Crippen LogP contribution in [0.4, 0.5) is 0 Å². The van der Waals surface area contributed by atoms with Crippen molar-refractivity contribution >= 4 is 39.5 Å². The molecule has 0 rings (SSSR count). The largest absolute Gasteiger partial charge is 0.472 e. The van der Waals surface area contributed by atoms with Gasteiger partial charge in [0.2, 0.25) is 0 Å². The van der Waals surface area contributed by atoms with Crippen molar-refractivity contribution < 1.29 is 80.2 Å². The lowest BCUT2D eigenvalue weighted by Crippen LogP contribution is -2.30. The molecule has 17 nitrogen and oxygen atoms in total. The maximum atomic E-state index is 13.1. The van der Waals surface area contributed by atoms with Crippen LogP contribution in [0.15, 0.2) is 122 Å². The van der Waals surface area contributed by atoms with Crippen LogP contribution in [0, 0.1) is 0 Å². The molecule has 3 N–H and O–H groups in total. The summed E-state index contributed by atoms with van der Waals surface area (Å²) in [5, 5.41) is 10.6. The molecule has 0 radical (unpaired) electrons. The highest BCUT2D eigenvalue weighted by molar-refractivity contribution is 7.47. The number of unbranched alkanes of at least 4 members (excludes halogenated alkanes) is 24. The van der Waals surface area contributed by atoms with Crippen molar-refractivity contribution in [3.63, 3.8) is 0 Å². The molecule has 98 heavy (non-hydrogen) atoms. The van der Waals surface area contributed by atoms with Crippen LogP contribution in [-0.4, -0.2) is 96.7 Å². The van der Waals surface area contributed by atoms with Gasteiger partial charge in [-0.05, 0) is 135 Å². The molecular weight excluding hydrogens is 1280 g/mol. The lowest BCUT2D eigenvalue weighted by molar-refractivity contribution is -0.161. The Hall–Kier alpha value is -4.54. The van der Waals surface area contributed by atoms with Crippen molar-refractivity contribution in [2.45, 2.75) is 316 Å². The zero-order chi connectivity index (χ0) is 71.8. The fourth-order valence-electron chi connectivity index (χ4n) is 9.70. The maximum absolute atomic E-state index is 13.1. The van der Waals surface area contributed by atoms with Gasteiger partial charge in [0, 0.05) is 25.7 Å². The van der Waals surface area contributed by atoms with Crippen molar-refractivity contribution in [3.05, 3.63) is 122 Å². The maximum Gasteiger partial charge on any atom is 0.472 e. The zero-order valence-corrected chi connectivity index (χ0v) is 63.0. The lowest BCUT2D eigenvalue weighted by atomic mass is 10.1. The molecule has 0 aliphatic heterocycles. The van der Waals surface area contributed by atoms with Gasteiger partial charge in [0.05, 0.1) is 26.4 Å². The fraction of sp³-hybridized carbons (Fsp3) is 0.696. The Bertz CT molecular complexity index is 2340. The monoisotopic (exact) mass is 1420 g/mol. The molecule has 5 atom stereocenters. The summed E-state index contributed by atoms with van der Waals surface area (Å²) < 4.78 is 68.3. The van der Waals surface area contributed by atoms with E-state index in [0.29, 0.717) is 25.7 Å². The molecule has 0 aromatic heterocycles. The van der Waals surface area contributed by atoms with Crippen molar-refractivity contribution in [3.8, 4) is 0 Å². The van der Waals surface area contributed by atoms with Gasteiger partial charge < -0.3 is 33.8 Å². The van der Waals surface area contributed by atoms with E-state index in [4.69, 9.17) is 37.0 Å². The highest BCUT2D eigenvalue weighted by Crippen LogP contribution is 2.45. The number of phosphoric ester groups is 2. The number of hydrogen-bond acceptors (Lipinski definition) is 15. The number of carbonyl (C=O) groups is 4. The van der Waals surface area contributed by atoms with Crippen molar-refractivity contribution in [1.29, 1.82) is 0 Å². The zero-order valence-electron chi connectivity index (χ0n) is 61.2. The Morgan fingerprint density at radius 3 is 0.867 bits per heavy atom. The molecule has 0 aromatic carbocycles. The third-order valence-electron chi connectivity index (χ3n) is 15.4. The third kappa shape index (κ3) is 69.9. The van der Waals surface area contributed by atoms with E-state index in [1.54, 1.807) is 0 Å². The number of ether oxygens (including phenoxy) is 4. The Labute approximate surface area is 593 Å². The van der Waals surface area contributed by atoms with Crippen LogP contribution in [0.25, 0.3) is 0 Å². The van der Waals surface area contributed by atoms with Crippen molar-refractivity contribution in [1.82, 2.24) is 0 Å². The Morgan fingerprint density at radius 1 is 0.296 bits per heavy atom. The van der Waals surface area contributed by atoms with Gasteiger partial charge in [0.25, 0.3) is 0 Å². The molecule has 0 fully saturated rings. The molecule has 5 unspecified atom stereocenters. The van der Waals surface area contributed by atoms with E-state index >= 15 is 0 Å². The second-order valence-electron chi connectivity index (χ2n) is 24.8. The molecule has 0 aliphatic rings. The number of allylic oxidation sites excluding steroid dienone is 20. The first-order valence-corrected chi connectivity index (χ1v) is 40.8. The minimum atomic E-state index is -4.99. The van der Waals surface area contributed by atoms with Gasteiger partial charge in [-0.3, -0.25) is 37.3 Å². The lowest BCUT2D eigenvalue weighted by Gasteiger charge is -2.21. The van der Waals surface area contributed by atoms with Gasteiger partial charge in [-0.1, -0.05) is 258 Å². The fourth-order valence-corrected chi connectivity index (χ4v) is 11.3. The number of rotatable bonds is 70. The quantitative estimate of drug-likeness (QED) is 0.0169. The second-order valence-corrected chi connectivity index (χ2v) is 27.7. The van der Waals surface area contributed by atoms with Crippen LogP contribution in [-0.2, 0) is 65.4 Å². The van der Waals surface area contributed by atoms with Crippen LogP contribution in [0.5, 0.6) is 0 Å². The third-order valence-corrected chi connectivity index (χ3v) is 17.3. The molecule has 0 aliphatic carbocycles. The second kappa shape index (κ2) is 70.9. The van der Waals surface area contributed by atoms with Gasteiger partial charge in [0.1, 0.15) is 19.3 Å². The van der Waals surface area contributed by atoms with E-state index in [9.17, 15) is 43.2 Å². The molecule has 0 bridgehead atoms. The molecule has 0 spiro atoms. The molecule has 19 heteroatoms. The SMILES string of the molecule is CC/C=C\C/C=C\C/C=C\C/C=C\C/C=C\CCCCCC(=O)OCC(COP(=O)(O)OCC(O)COP(=O)(O)OCC(COC(=O)CCCC/C=C\C/C=C\C/C=C\C/C=C\CC)OC(=O)CCCCCCCCCCCCC)OC(=O)CCCCCCC/C=C\CCCCCC. The Kier molecular flexibility index (Phi) is 67.6. The van der Waals surface area contributed by atoms with Crippen molar-refractivity contribution in [2.24, 2.45) is 0 Å². The van der Waals surface area contributed by atoms with Crippen LogP contribution >= 0.6 is 15.6 Å². The summed E-state index contributed by atoms with van der Waals surface area (Å²) in [4.78, 5) is 72.7. The summed E-state index contributed by atoms with van der Waals surface area (Å²) in [7, 11) is -9.97. The number of hydrogen-bond donors (Lipinski definition) is 3. The average Bonchev–Trinajstić information content (AvgIpc) is 0.972. The summed E-state index contributed by atoms with van der Waals surface area (Å²) in [6, 6.07) is 0. The van der Waals surface area contributed by atoms with Crippen molar-refractivity contribution in [2.75, 3.05) is 39.6 Å². The molecule has 0 saturated carbocycles. The van der Waals surface area contributed by atoms with Crippen LogP contribution < -0.4 is 0 Å². The molecule has 562 valence electrons. The minimum absolute atomic E-state index is 0.0747. The molecule has 0 saturated heterocycles. The highest BCUT2D eigenvalue weighted by Gasteiger charge is 2.30. The summed E-state index contributed by atoms with van der Waals surface area (Å²) in [5.74, 6) is -2.27. The summed E-state index contributed by atoms with van der Waals surface area (Å²) >= 11 is 0. The van der Waals surface area contributed by atoms with Gasteiger partial charge in [-0.2, -0.15) is 0 Å². The van der Waals surface area contributed by atoms with E-state index in [1.165, 1.54) is 64.2 Å². The number of aliphatic hydroxyl groups excluding tert-OH is 1. The molecule has 0 heterocycles. The number of phosphoric acid groups is 2. The van der Waals surface area contributed by atoms with Crippen LogP contribution in [0.1, 0.15) is 297 Å². The van der Waals surface area contributed by atoms with E-state index < -0.39 is 97.5 Å². The topological polar surface area (TPSA) is 237 Å². The highest BCUT2D eigenvalue weighted by atomic mass is 31.2. The smallest absolute Gasteiger partial charge is 0.462 e. The van der Waals surface area contributed by atoms with Gasteiger partial charge in [0.15, 0.2) is 12.2 Å². The van der Waals surface area contributed by atoms with E-state index in [-0.39, 0.29) is 25.7 Å². The molecule has 0 aromatic rings. The first kappa shape index (κ1) is 93.5. The first-order chi connectivity index (χ1) is 47.7. The summed E-state index contributed by atoms with van der Waals surface area (Å²) in [5.41, 5.74) is 0. The Balaban J connectivity index is 5.38. The normalized spacial score (nSPS) is 14.6. The Morgan fingerprint density at radius 2 is 0.531 bits per heavy atom. The van der Waals surface area contributed by atoms with E-state index in [0.717, 1.165) is 154 Å². The van der Waals surface area contributed by atoms with E-state index in [1.807, 2.05) is 0 Å². The standard InChI is InChI=1S/C79H134O17P2/c1-5-9-13-17-21-25-29-32-34-35-36-37-39-42-45-48-52-56-60-64-77(82)90-70-75(96-79(84)66-62-58-54-50-46-40-31-27-23-19-15-11-7-3)72-94-98(87,88)92-68-73(80)67-91-97(85,86)93-71-74(95-78(83)65-61-57-53-49-43-28-24-20-16-12-8-4)69-89-76(81)63-59-55-51-47-44-41-38-33-30-26-22-18-14-10-6-2/h9-10,13-14,21-22,25-27,31-34,36-38,42,44-45,47,73-75,80H,5-8,11-12,15-20,23-24,28-30,35,39-41,43,46,48-72H2,1-4H3,(H,85,86)(H,87,88)/b13-9-,14-10-,25-21-,26-22-,31-27-,34-32-,37-36-,38-33-,45-42-,47-44-.